The van der Waals surface area contributed by atoms with Gasteiger partial charge in [0.25, 0.3) is 0 Å². The van der Waals surface area contributed by atoms with Gasteiger partial charge in [-0.15, -0.1) is 0 Å². The maximum absolute atomic E-state index is 8.23. The lowest BCUT2D eigenvalue weighted by Crippen LogP contribution is -1.88. The van der Waals surface area contributed by atoms with Crippen LogP contribution in [0.1, 0.15) is 5.69 Å². The van der Waals surface area contributed by atoms with Crippen LogP contribution in [0.3, 0.4) is 0 Å². The zero-order valence-electron chi connectivity index (χ0n) is 5.20. The summed E-state index contributed by atoms with van der Waals surface area (Å²) in [5.74, 6) is 0. The Kier molecular flexibility index (Phi) is 1.50. The van der Waals surface area contributed by atoms with Crippen molar-refractivity contribution in [3.63, 3.8) is 0 Å². The van der Waals surface area contributed by atoms with Crippen LogP contribution in [0.4, 0.5) is 0 Å². The summed E-state index contributed by atoms with van der Waals surface area (Å²) in [4.78, 5) is 3.95. The zero-order chi connectivity index (χ0) is 6.69. The first-order chi connectivity index (χ1) is 4.33. The number of aryl methyl sites for hydroxylation is 1. The van der Waals surface area contributed by atoms with Gasteiger partial charge in [0, 0.05) is 6.20 Å². The number of nitrogens with zero attached hydrogens (tertiary/aromatic N) is 3. The number of aromatic nitrogens is 2. The highest BCUT2D eigenvalue weighted by molar-refractivity contribution is 4.93. The topological polar surface area (TPSA) is 41.6 Å². The Labute approximate surface area is 53.6 Å². The van der Waals surface area contributed by atoms with Gasteiger partial charge in [-0.25, -0.2) is 4.98 Å². The fraction of sp³-hybridized carbons (Fsp3) is 0.333. The monoisotopic (exact) mass is 121 g/mol. The van der Waals surface area contributed by atoms with Crippen molar-refractivity contribution >= 4 is 0 Å². The van der Waals surface area contributed by atoms with E-state index in [1.165, 1.54) is 0 Å². The molecule has 0 aliphatic rings. The van der Waals surface area contributed by atoms with Crippen molar-refractivity contribution in [2.45, 2.75) is 13.5 Å². The Morgan fingerprint density at radius 2 is 2.67 bits per heavy atom. The van der Waals surface area contributed by atoms with Gasteiger partial charge < -0.3 is 4.57 Å². The molecule has 3 heteroatoms. The summed E-state index contributed by atoms with van der Waals surface area (Å²) in [5, 5.41) is 8.23. The second kappa shape index (κ2) is 2.31. The molecule has 0 aromatic carbocycles. The Hall–Kier alpha value is -1.30. The first kappa shape index (κ1) is 5.83. The van der Waals surface area contributed by atoms with E-state index in [0.717, 1.165) is 5.69 Å². The van der Waals surface area contributed by atoms with Crippen molar-refractivity contribution in [2.24, 2.45) is 0 Å². The van der Waals surface area contributed by atoms with Gasteiger partial charge in [0.05, 0.1) is 18.1 Å². The van der Waals surface area contributed by atoms with Crippen molar-refractivity contribution in [1.82, 2.24) is 9.55 Å². The second-order valence-corrected chi connectivity index (χ2v) is 1.85. The summed E-state index contributed by atoms with van der Waals surface area (Å²) in [6.45, 7) is 2.29. The van der Waals surface area contributed by atoms with Crippen molar-refractivity contribution in [3.8, 4) is 6.07 Å². The van der Waals surface area contributed by atoms with E-state index in [1.54, 1.807) is 10.9 Å². The minimum atomic E-state index is 0.390. The van der Waals surface area contributed by atoms with Gasteiger partial charge in [0.1, 0.15) is 6.54 Å². The molecule has 1 aromatic heterocycles. The van der Waals surface area contributed by atoms with Crippen LogP contribution in [0, 0.1) is 18.3 Å². The number of imidazole rings is 1. The van der Waals surface area contributed by atoms with E-state index in [-0.39, 0.29) is 0 Å². The Morgan fingerprint density at radius 3 is 3.11 bits per heavy atom. The van der Waals surface area contributed by atoms with Crippen LogP contribution >= 0.6 is 0 Å². The number of rotatable bonds is 1. The maximum Gasteiger partial charge on any atom is 0.111 e. The maximum atomic E-state index is 8.23. The molecule has 0 saturated heterocycles. The van der Waals surface area contributed by atoms with Gasteiger partial charge in [0.15, 0.2) is 0 Å². The fourth-order valence-corrected chi connectivity index (χ4v) is 0.640. The molecule has 0 aliphatic carbocycles. The summed E-state index contributed by atoms with van der Waals surface area (Å²) < 4.78 is 1.75. The van der Waals surface area contributed by atoms with Crippen molar-refractivity contribution in [2.75, 3.05) is 0 Å². The van der Waals surface area contributed by atoms with Crippen LogP contribution in [0.15, 0.2) is 12.5 Å². The summed E-state index contributed by atoms with van der Waals surface area (Å²) in [7, 11) is 0. The van der Waals surface area contributed by atoms with Crippen LogP contribution in [-0.4, -0.2) is 9.55 Å². The average molecular weight is 121 g/mol. The van der Waals surface area contributed by atoms with Crippen LogP contribution in [0.2, 0.25) is 0 Å². The van der Waals surface area contributed by atoms with E-state index in [4.69, 9.17) is 5.26 Å². The molecular weight excluding hydrogens is 114 g/mol. The Morgan fingerprint density at radius 1 is 1.89 bits per heavy atom. The lowest BCUT2D eigenvalue weighted by Gasteiger charge is -1.86. The quantitative estimate of drug-likeness (QED) is 0.549. The molecule has 1 heterocycles. The van der Waals surface area contributed by atoms with E-state index in [9.17, 15) is 0 Å². The first-order valence-electron chi connectivity index (χ1n) is 2.68. The smallest absolute Gasteiger partial charge is 0.111 e. The van der Waals surface area contributed by atoms with Crippen molar-refractivity contribution in [3.05, 3.63) is 18.2 Å². The van der Waals surface area contributed by atoms with E-state index < -0.39 is 0 Å². The predicted molar refractivity (Wildman–Crippen MR) is 32.6 cm³/mol. The van der Waals surface area contributed by atoms with Gasteiger partial charge in [-0.2, -0.15) is 5.26 Å². The molecule has 0 aliphatic heterocycles. The van der Waals surface area contributed by atoms with Crippen LogP contribution in [0.5, 0.6) is 0 Å². The number of nitriles is 1. The highest BCUT2D eigenvalue weighted by Crippen LogP contribution is 1.90. The minimum Gasteiger partial charge on any atom is -0.323 e. The Balaban J connectivity index is 2.76. The zero-order valence-corrected chi connectivity index (χ0v) is 5.20. The van der Waals surface area contributed by atoms with Gasteiger partial charge >= 0.3 is 0 Å². The molecular formula is C6H7N3. The summed E-state index contributed by atoms with van der Waals surface area (Å²) in [5.41, 5.74) is 0.949. The normalized spacial score (nSPS) is 8.89. The predicted octanol–water partition coefficient (Wildman–Crippen LogP) is 0.715. The third kappa shape index (κ3) is 1.29. The molecule has 0 saturated carbocycles. The molecule has 0 unspecified atom stereocenters. The molecule has 1 rings (SSSR count). The molecule has 0 radical (unpaired) electrons. The average Bonchev–Trinajstić information content (AvgIpc) is 2.17. The third-order valence-corrected chi connectivity index (χ3v) is 1.02. The summed E-state index contributed by atoms with van der Waals surface area (Å²) in [6, 6.07) is 2.02. The molecule has 9 heavy (non-hydrogen) atoms. The van der Waals surface area contributed by atoms with E-state index in [0.29, 0.717) is 6.54 Å². The van der Waals surface area contributed by atoms with Crippen LogP contribution in [0.25, 0.3) is 0 Å². The van der Waals surface area contributed by atoms with Crippen molar-refractivity contribution < 1.29 is 0 Å². The highest BCUT2D eigenvalue weighted by atomic mass is 15.0. The summed E-state index contributed by atoms with van der Waals surface area (Å²) in [6.07, 6.45) is 3.49. The molecule has 0 spiro atoms. The molecule has 1 aromatic rings. The summed E-state index contributed by atoms with van der Waals surface area (Å²) >= 11 is 0. The molecule has 3 nitrogen and oxygen atoms in total. The van der Waals surface area contributed by atoms with E-state index >= 15 is 0 Å². The SMILES string of the molecule is Cc1cn(CC#N)cn1. The number of hydrogen-bond donors (Lipinski definition) is 0. The highest BCUT2D eigenvalue weighted by Gasteiger charge is 1.88. The molecule has 0 N–H and O–H groups in total. The van der Waals surface area contributed by atoms with Crippen molar-refractivity contribution in [1.29, 1.82) is 5.26 Å². The van der Waals surface area contributed by atoms with Crippen LogP contribution in [-0.2, 0) is 6.54 Å². The third-order valence-electron chi connectivity index (χ3n) is 1.02. The molecule has 0 fully saturated rings. The standard InChI is InChI=1S/C6H7N3/c1-6-4-9(3-2-7)5-8-6/h4-5H,3H2,1H3. The lowest BCUT2D eigenvalue weighted by atomic mass is 10.6. The first-order valence-corrected chi connectivity index (χ1v) is 2.68. The Bertz CT molecular complexity index is 231. The van der Waals surface area contributed by atoms with E-state index in [1.807, 2.05) is 19.2 Å². The van der Waals surface area contributed by atoms with Crippen LogP contribution < -0.4 is 0 Å². The largest absolute Gasteiger partial charge is 0.323 e. The van der Waals surface area contributed by atoms with Gasteiger partial charge in [0.2, 0.25) is 0 Å². The molecule has 0 bridgehead atoms. The second-order valence-electron chi connectivity index (χ2n) is 1.85. The lowest BCUT2D eigenvalue weighted by molar-refractivity contribution is 0.830. The van der Waals surface area contributed by atoms with Gasteiger partial charge in [-0.3, -0.25) is 0 Å². The molecule has 46 valence electrons. The van der Waals surface area contributed by atoms with E-state index in [2.05, 4.69) is 4.98 Å². The van der Waals surface area contributed by atoms with Gasteiger partial charge in [-0.05, 0) is 6.92 Å². The number of hydrogen-bond acceptors (Lipinski definition) is 2. The minimum absolute atomic E-state index is 0.390. The van der Waals surface area contributed by atoms with Gasteiger partial charge in [-0.1, -0.05) is 0 Å². The fourth-order valence-electron chi connectivity index (χ4n) is 0.640. The molecule has 0 atom stereocenters. The molecule has 0 amide bonds.